The second-order valence-corrected chi connectivity index (χ2v) is 5.84. The van der Waals surface area contributed by atoms with E-state index in [0.29, 0.717) is 12.5 Å². The van der Waals surface area contributed by atoms with E-state index < -0.39 is 12.0 Å². The lowest BCUT2D eigenvalue weighted by atomic mass is 9.87. The first kappa shape index (κ1) is 14.7. The number of Topliss-reactive ketones (excluding diaryl/α,β-unsaturated/α-hetero) is 1. The zero-order valence-corrected chi connectivity index (χ0v) is 12.3. The number of rotatable bonds is 4. The van der Waals surface area contributed by atoms with Crippen molar-refractivity contribution < 1.29 is 9.53 Å². The molecule has 0 aromatic heterocycles. The number of ether oxygens (including phenoxy) is 1. The molecular formula is C17H21NO2. The monoisotopic (exact) mass is 271 g/mol. The molecule has 1 aromatic carbocycles. The van der Waals surface area contributed by atoms with Crippen LogP contribution in [0.5, 0.6) is 0 Å². The van der Waals surface area contributed by atoms with Crippen molar-refractivity contribution in [2.75, 3.05) is 6.61 Å². The van der Waals surface area contributed by atoms with Gasteiger partial charge in [0.25, 0.3) is 0 Å². The van der Waals surface area contributed by atoms with E-state index in [1.165, 1.54) is 5.56 Å². The van der Waals surface area contributed by atoms with Gasteiger partial charge in [-0.3, -0.25) is 4.79 Å². The summed E-state index contributed by atoms with van der Waals surface area (Å²) in [7, 11) is 0. The van der Waals surface area contributed by atoms with E-state index in [4.69, 9.17) is 4.74 Å². The van der Waals surface area contributed by atoms with Gasteiger partial charge in [-0.15, -0.1) is 0 Å². The van der Waals surface area contributed by atoms with Gasteiger partial charge in [0.2, 0.25) is 0 Å². The van der Waals surface area contributed by atoms with Crippen LogP contribution in [-0.4, -0.2) is 18.5 Å². The Morgan fingerprint density at radius 2 is 1.90 bits per heavy atom. The summed E-state index contributed by atoms with van der Waals surface area (Å²) < 4.78 is 5.49. The zero-order valence-electron chi connectivity index (χ0n) is 12.3. The Morgan fingerprint density at radius 1 is 1.30 bits per heavy atom. The van der Waals surface area contributed by atoms with Gasteiger partial charge in [-0.25, -0.2) is 0 Å². The van der Waals surface area contributed by atoms with Crippen molar-refractivity contribution >= 4 is 5.78 Å². The summed E-state index contributed by atoms with van der Waals surface area (Å²) in [4.78, 5) is 12.5. The molecule has 0 saturated carbocycles. The van der Waals surface area contributed by atoms with Crippen LogP contribution in [0.1, 0.15) is 50.2 Å². The fourth-order valence-electron chi connectivity index (χ4n) is 2.60. The molecular weight excluding hydrogens is 250 g/mol. The van der Waals surface area contributed by atoms with Crippen molar-refractivity contribution in [2.45, 2.75) is 45.1 Å². The van der Waals surface area contributed by atoms with E-state index in [2.05, 4.69) is 19.9 Å². The Balaban J connectivity index is 2.19. The largest absolute Gasteiger partial charge is 0.370 e. The number of hydrogen-bond donors (Lipinski definition) is 0. The number of nitriles is 1. The minimum atomic E-state index is -0.721. The van der Waals surface area contributed by atoms with Crippen molar-refractivity contribution in [1.82, 2.24) is 0 Å². The normalized spacial score (nSPS) is 23.6. The van der Waals surface area contributed by atoms with E-state index in [-0.39, 0.29) is 11.7 Å². The first-order chi connectivity index (χ1) is 9.54. The molecule has 1 heterocycles. The molecule has 1 saturated heterocycles. The van der Waals surface area contributed by atoms with Crippen molar-refractivity contribution in [2.24, 2.45) is 5.92 Å². The second-order valence-electron chi connectivity index (χ2n) is 5.84. The highest BCUT2D eigenvalue weighted by molar-refractivity contribution is 5.92. The van der Waals surface area contributed by atoms with Crippen LogP contribution in [0.4, 0.5) is 0 Å². The first-order valence-corrected chi connectivity index (χ1v) is 7.19. The molecule has 0 spiro atoms. The standard InChI is InChI=1S/C17H21NO2/c1-11(2)13-4-6-14(7-5-13)15(10-18)16(19)17-12(3)8-9-20-17/h4-7,11-12,15,17H,8-9H2,1-3H3. The Bertz CT molecular complexity index is 513. The van der Waals surface area contributed by atoms with E-state index in [0.717, 1.165) is 12.0 Å². The lowest BCUT2D eigenvalue weighted by Gasteiger charge is -2.17. The molecule has 106 valence electrons. The highest BCUT2D eigenvalue weighted by Gasteiger charge is 2.36. The maximum Gasteiger partial charge on any atom is 0.183 e. The minimum absolute atomic E-state index is 0.102. The topological polar surface area (TPSA) is 50.1 Å². The number of nitrogens with zero attached hydrogens (tertiary/aromatic N) is 1. The average molecular weight is 271 g/mol. The number of benzene rings is 1. The third-order valence-electron chi connectivity index (χ3n) is 4.02. The molecule has 1 fully saturated rings. The molecule has 0 bridgehead atoms. The van der Waals surface area contributed by atoms with Crippen LogP contribution in [0.3, 0.4) is 0 Å². The fraction of sp³-hybridized carbons (Fsp3) is 0.529. The van der Waals surface area contributed by atoms with Gasteiger partial charge in [0.15, 0.2) is 5.78 Å². The highest BCUT2D eigenvalue weighted by Crippen LogP contribution is 2.28. The Hall–Kier alpha value is -1.66. The average Bonchev–Trinajstić information content (AvgIpc) is 2.86. The molecule has 0 amide bonds. The van der Waals surface area contributed by atoms with Gasteiger partial charge in [0.1, 0.15) is 12.0 Å². The fourth-order valence-corrected chi connectivity index (χ4v) is 2.60. The molecule has 3 nitrogen and oxygen atoms in total. The molecule has 0 N–H and O–H groups in total. The van der Waals surface area contributed by atoms with Gasteiger partial charge in [0.05, 0.1) is 6.07 Å². The van der Waals surface area contributed by atoms with Crippen LogP contribution in [0.25, 0.3) is 0 Å². The smallest absolute Gasteiger partial charge is 0.183 e. The number of ketones is 1. The van der Waals surface area contributed by atoms with Crippen molar-refractivity contribution in [1.29, 1.82) is 5.26 Å². The van der Waals surface area contributed by atoms with Gasteiger partial charge in [-0.05, 0) is 29.4 Å². The van der Waals surface area contributed by atoms with Crippen molar-refractivity contribution in [3.8, 4) is 6.07 Å². The molecule has 3 unspecified atom stereocenters. The highest BCUT2D eigenvalue weighted by atomic mass is 16.5. The van der Waals surface area contributed by atoms with Crippen LogP contribution < -0.4 is 0 Å². The van der Waals surface area contributed by atoms with E-state index in [1.54, 1.807) is 0 Å². The summed E-state index contributed by atoms with van der Waals surface area (Å²) in [6.45, 7) is 6.86. The molecule has 0 radical (unpaired) electrons. The summed E-state index contributed by atoms with van der Waals surface area (Å²) >= 11 is 0. The summed E-state index contributed by atoms with van der Waals surface area (Å²) in [6.07, 6.45) is 0.463. The number of hydrogen-bond acceptors (Lipinski definition) is 3. The molecule has 3 heteroatoms. The first-order valence-electron chi connectivity index (χ1n) is 7.19. The number of carbonyl (C=O) groups excluding carboxylic acids is 1. The minimum Gasteiger partial charge on any atom is -0.370 e. The van der Waals surface area contributed by atoms with Crippen LogP contribution in [0.2, 0.25) is 0 Å². The number of carbonyl (C=O) groups is 1. The lowest BCUT2D eigenvalue weighted by Crippen LogP contribution is -2.29. The van der Waals surface area contributed by atoms with E-state index in [1.807, 2.05) is 31.2 Å². The van der Waals surface area contributed by atoms with Crippen LogP contribution in [-0.2, 0) is 9.53 Å². The lowest BCUT2D eigenvalue weighted by molar-refractivity contribution is -0.129. The molecule has 0 aliphatic carbocycles. The van der Waals surface area contributed by atoms with Crippen molar-refractivity contribution in [3.05, 3.63) is 35.4 Å². The van der Waals surface area contributed by atoms with Gasteiger partial charge >= 0.3 is 0 Å². The van der Waals surface area contributed by atoms with Crippen molar-refractivity contribution in [3.63, 3.8) is 0 Å². The maximum absolute atomic E-state index is 12.5. The molecule has 1 aliphatic rings. The van der Waals surface area contributed by atoms with Crippen LogP contribution >= 0.6 is 0 Å². The molecule has 1 aliphatic heterocycles. The molecule has 3 atom stereocenters. The summed E-state index contributed by atoms with van der Waals surface area (Å²) in [5, 5.41) is 9.35. The Kier molecular flexibility index (Phi) is 4.57. The maximum atomic E-state index is 12.5. The molecule has 1 aromatic rings. The zero-order chi connectivity index (χ0) is 14.7. The SMILES string of the molecule is CC(C)c1ccc(C(C#N)C(=O)C2OCCC2C)cc1. The van der Waals surface area contributed by atoms with E-state index in [9.17, 15) is 10.1 Å². The van der Waals surface area contributed by atoms with Gasteiger partial charge in [-0.2, -0.15) is 5.26 Å². The summed E-state index contributed by atoms with van der Waals surface area (Å²) in [5.74, 6) is -0.177. The van der Waals surface area contributed by atoms with E-state index >= 15 is 0 Å². The molecule has 20 heavy (non-hydrogen) atoms. The molecule has 2 rings (SSSR count). The second kappa shape index (κ2) is 6.19. The third kappa shape index (κ3) is 2.91. The third-order valence-corrected chi connectivity index (χ3v) is 4.02. The Morgan fingerprint density at radius 3 is 2.35 bits per heavy atom. The Labute approximate surface area is 120 Å². The van der Waals surface area contributed by atoms with Crippen LogP contribution in [0.15, 0.2) is 24.3 Å². The predicted molar refractivity (Wildman–Crippen MR) is 77.4 cm³/mol. The van der Waals surface area contributed by atoms with Gasteiger partial charge in [0, 0.05) is 6.61 Å². The van der Waals surface area contributed by atoms with Gasteiger partial charge in [-0.1, -0.05) is 45.0 Å². The summed E-state index contributed by atoms with van der Waals surface area (Å²) in [5.41, 5.74) is 1.98. The van der Waals surface area contributed by atoms with Crippen LogP contribution in [0, 0.1) is 17.2 Å². The van der Waals surface area contributed by atoms with Gasteiger partial charge < -0.3 is 4.74 Å². The quantitative estimate of drug-likeness (QED) is 0.843. The predicted octanol–water partition coefficient (Wildman–Crippen LogP) is 3.41. The summed E-state index contributed by atoms with van der Waals surface area (Å²) in [6, 6.07) is 9.91.